The number of nitrogens with one attached hydrogen (secondary N) is 2. The van der Waals surface area contributed by atoms with Gasteiger partial charge in [0.15, 0.2) is 0 Å². The maximum Gasteiger partial charge on any atom is 0.364 e. The Morgan fingerprint density at radius 2 is 1.57 bits per heavy atom. The topological polar surface area (TPSA) is 232 Å². The monoisotopic (exact) mass is 861 g/mol. The molecule has 6 rings (SSSR count). The van der Waals surface area contributed by atoms with Gasteiger partial charge in [0.25, 0.3) is 5.79 Å². The zero-order valence-corrected chi connectivity index (χ0v) is 37.9. The lowest BCUT2D eigenvalue weighted by molar-refractivity contribution is -0.342. The van der Waals surface area contributed by atoms with Crippen molar-refractivity contribution in [2.45, 2.75) is 194 Å². The first kappa shape index (κ1) is 47.8. The standard InChI is InChI=1S/C47H76N2O12/c1-27(51)49-36-30(52)25-47(40(58)59,61-38(36)37(56)31(53)26-50)60-34-16-17-43(6)32(42(34,4)5)15-18-45(8)33(43)14-13-28-29-24-41(2,3)19-21-46(29,22-20-44(28,45)7)39(57)48-23-11-9-10-12-35(54)55/h13,29-34,36-38,50,52-53,56H,9-12,14-26H2,1-8H3,(H,48,57)(H,49,51)(H,54,55)(H,58,59)/t29-,30-,31+,32-,33+,34-,36+,37+,38+,43-,44+,45+,46-,47-/m0/s1. The third-order valence-electron chi connectivity index (χ3n) is 17.9. The van der Waals surface area contributed by atoms with Gasteiger partial charge in [-0.25, -0.2) is 4.79 Å². The second-order valence-corrected chi connectivity index (χ2v) is 22.2. The van der Waals surface area contributed by atoms with Crippen LogP contribution in [0.3, 0.4) is 0 Å². The molecule has 8 N–H and O–H groups in total. The van der Waals surface area contributed by atoms with Gasteiger partial charge >= 0.3 is 11.9 Å². The number of carboxylic acid groups (broad SMARTS) is 2. The van der Waals surface area contributed by atoms with Gasteiger partial charge in [0, 0.05) is 26.3 Å². The maximum atomic E-state index is 14.4. The Hall–Kier alpha value is -2.62. The fraction of sp³-hybridized carbons (Fsp3) is 0.872. The molecule has 14 nitrogen and oxygen atoms in total. The van der Waals surface area contributed by atoms with Crippen molar-refractivity contribution in [1.82, 2.24) is 10.6 Å². The molecule has 5 fully saturated rings. The van der Waals surface area contributed by atoms with Crippen molar-refractivity contribution in [3.8, 4) is 0 Å². The van der Waals surface area contributed by atoms with Gasteiger partial charge in [0.2, 0.25) is 11.8 Å². The highest BCUT2D eigenvalue weighted by atomic mass is 16.7. The largest absolute Gasteiger partial charge is 0.481 e. The molecule has 2 amide bonds. The predicted molar refractivity (Wildman–Crippen MR) is 226 cm³/mol. The normalized spacial score (nSPS) is 42.2. The second kappa shape index (κ2) is 17.1. The molecular formula is C47H76N2O12. The zero-order chi connectivity index (χ0) is 45.1. The summed E-state index contributed by atoms with van der Waals surface area (Å²) in [6, 6.07) is -1.27. The first-order valence-electron chi connectivity index (χ1n) is 23.1. The maximum absolute atomic E-state index is 14.4. The minimum atomic E-state index is -2.40. The number of rotatable bonds is 14. The van der Waals surface area contributed by atoms with E-state index in [1.165, 1.54) is 12.5 Å². The van der Waals surface area contributed by atoms with E-state index in [1.54, 1.807) is 0 Å². The number of unbranched alkanes of at least 4 members (excludes halogenated alkanes) is 2. The molecule has 0 aromatic carbocycles. The summed E-state index contributed by atoms with van der Waals surface area (Å²) < 4.78 is 12.7. The fourth-order valence-corrected chi connectivity index (χ4v) is 14.3. The molecule has 0 bridgehead atoms. The molecule has 1 aliphatic heterocycles. The molecule has 4 saturated carbocycles. The highest BCUT2D eigenvalue weighted by molar-refractivity contribution is 5.84. The number of hydrogen-bond donors (Lipinski definition) is 8. The Bertz CT molecular complexity index is 1720. The molecular weight excluding hydrogens is 785 g/mol. The van der Waals surface area contributed by atoms with Crippen LogP contribution in [0.5, 0.6) is 0 Å². The zero-order valence-electron chi connectivity index (χ0n) is 37.9. The first-order chi connectivity index (χ1) is 28.3. The SMILES string of the molecule is CC(=O)N[C@H]1[C@H]([C@H](O)[C@H](O)CO)O[C@](O[C@H]2CC[C@]3(C)[C@H]4CC=C5[C@@H]6CC(C)(C)CC[C@]6(C(=O)NCCCCCC(=O)O)CC[C@@]5(C)[C@]4(C)CC[C@H]3C2(C)C)(C(=O)O)C[C@@H]1O. The summed E-state index contributed by atoms with van der Waals surface area (Å²) in [6.45, 7) is 17.2. The van der Waals surface area contributed by atoms with Crippen molar-refractivity contribution in [1.29, 1.82) is 0 Å². The summed E-state index contributed by atoms with van der Waals surface area (Å²) in [5, 5.41) is 68.0. The highest BCUT2D eigenvalue weighted by Crippen LogP contribution is 2.76. The molecule has 14 heteroatoms. The summed E-state index contributed by atoms with van der Waals surface area (Å²) in [7, 11) is 0. The van der Waals surface area contributed by atoms with E-state index in [1.807, 2.05) is 0 Å². The molecule has 1 saturated heterocycles. The van der Waals surface area contributed by atoms with E-state index in [2.05, 4.69) is 65.2 Å². The molecule has 14 atom stereocenters. The predicted octanol–water partition coefficient (Wildman–Crippen LogP) is 5.08. The molecule has 5 aliphatic carbocycles. The van der Waals surface area contributed by atoms with E-state index >= 15 is 0 Å². The molecule has 6 aliphatic rings. The van der Waals surface area contributed by atoms with E-state index in [4.69, 9.17) is 14.6 Å². The Kier molecular flexibility index (Phi) is 13.4. The molecule has 0 unspecified atom stereocenters. The third-order valence-corrected chi connectivity index (χ3v) is 17.9. The summed E-state index contributed by atoms with van der Waals surface area (Å²) >= 11 is 0. The smallest absolute Gasteiger partial charge is 0.364 e. The third kappa shape index (κ3) is 8.21. The number of aliphatic carboxylic acids is 2. The van der Waals surface area contributed by atoms with Crippen molar-refractivity contribution in [2.75, 3.05) is 13.2 Å². The van der Waals surface area contributed by atoms with E-state index in [0.29, 0.717) is 25.3 Å². The number of aliphatic hydroxyl groups excluding tert-OH is 4. The number of aliphatic hydroxyl groups is 4. The van der Waals surface area contributed by atoms with E-state index in [9.17, 15) is 44.7 Å². The van der Waals surface area contributed by atoms with Gasteiger partial charge in [-0.15, -0.1) is 0 Å². The Balaban J connectivity index is 1.26. The van der Waals surface area contributed by atoms with Crippen molar-refractivity contribution < 1.29 is 59.3 Å². The van der Waals surface area contributed by atoms with Crippen molar-refractivity contribution >= 4 is 23.8 Å². The second-order valence-electron chi connectivity index (χ2n) is 22.2. The van der Waals surface area contributed by atoms with Crippen LogP contribution in [0, 0.1) is 50.2 Å². The summed E-state index contributed by atoms with van der Waals surface area (Å²) in [6.07, 6.45) is 5.53. The van der Waals surface area contributed by atoms with Crippen LogP contribution >= 0.6 is 0 Å². The van der Waals surface area contributed by atoms with Crippen molar-refractivity contribution in [2.24, 2.45) is 50.2 Å². The quantitative estimate of drug-likeness (QED) is 0.0649. The fourth-order valence-electron chi connectivity index (χ4n) is 14.3. The lowest BCUT2D eigenvalue weighted by atomic mass is 9.33. The number of carbonyl (C=O) groups is 4. The highest BCUT2D eigenvalue weighted by Gasteiger charge is 2.70. The van der Waals surface area contributed by atoms with Crippen molar-refractivity contribution in [3.05, 3.63) is 11.6 Å². The van der Waals surface area contributed by atoms with Gasteiger partial charge in [0.1, 0.15) is 18.3 Å². The lowest BCUT2D eigenvalue weighted by Gasteiger charge is -2.71. The van der Waals surface area contributed by atoms with Crippen LogP contribution in [0.25, 0.3) is 0 Å². The van der Waals surface area contributed by atoms with E-state index in [-0.39, 0.29) is 45.8 Å². The van der Waals surface area contributed by atoms with Gasteiger partial charge in [-0.2, -0.15) is 0 Å². The van der Waals surface area contributed by atoms with Crippen LogP contribution in [0.15, 0.2) is 11.6 Å². The number of amides is 2. The number of allylic oxidation sites excluding steroid dienone is 2. The summed E-state index contributed by atoms with van der Waals surface area (Å²) in [5.74, 6) is -4.50. The number of ether oxygens (including phenoxy) is 2. The van der Waals surface area contributed by atoms with Crippen molar-refractivity contribution in [3.63, 3.8) is 0 Å². The van der Waals surface area contributed by atoms with E-state index < -0.39 is 84.1 Å². The van der Waals surface area contributed by atoms with Crippen LogP contribution in [-0.2, 0) is 28.7 Å². The van der Waals surface area contributed by atoms with Crippen LogP contribution in [-0.4, -0.2) is 110 Å². The van der Waals surface area contributed by atoms with Crippen LogP contribution in [0.2, 0.25) is 0 Å². The summed E-state index contributed by atoms with van der Waals surface area (Å²) in [5.41, 5.74) is 0.214. The summed E-state index contributed by atoms with van der Waals surface area (Å²) in [4.78, 5) is 50.7. The van der Waals surface area contributed by atoms with Crippen LogP contribution < -0.4 is 10.6 Å². The molecule has 346 valence electrons. The minimum Gasteiger partial charge on any atom is -0.481 e. The van der Waals surface area contributed by atoms with Gasteiger partial charge in [-0.1, -0.05) is 66.5 Å². The van der Waals surface area contributed by atoms with Gasteiger partial charge in [-0.05, 0) is 122 Å². The van der Waals surface area contributed by atoms with Crippen LogP contribution in [0.1, 0.15) is 152 Å². The van der Waals surface area contributed by atoms with Gasteiger partial charge in [-0.3, -0.25) is 14.4 Å². The number of fused-ring (bicyclic) bond motifs is 7. The Morgan fingerprint density at radius 3 is 2.21 bits per heavy atom. The first-order valence-corrected chi connectivity index (χ1v) is 23.1. The van der Waals surface area contributed by atoms with Gasteiger partial charge < -0.3 is 50.7 Å². The molecule has 61 heavy (non-hydrogen) atoms. The average molecular weight is 861 g/mol. The lowest BCUT2D eigenvalue weighted by Crippen LogP contribution is -2.69. The molecule has 0 spiro atoms. The Morgan fingerprint density at radius 1 is 0.885 bits per heavy atom. The van der Waals surface area contributed by atoms with Gasteiger partial charge in [0.05, 0.1) is 30.3 Å². The number of carboxylic acids is 2. The van der Waals surface area contributed by atoms with E-state index in [0.717, 1.165) is 70.6 Å². The minimum absolute atomic E-state index is 0.0605. The molecule has 0 radical (unpaired) electrons. The Labute approximate surface area is 362 Å². The molecule has 1 heterocycles. The average Bonchev–Trinajstić information content (AvgIpc) is 3.17. The molecule has 0 aromatic heterocycles. The number of carbonyl (C=O) groups excluding carboxylic acids is 2. The number of hydrogen-bond acceptors (Lipinski definition) is 10. The molecule has 0 aromatic rings. The van der Waals surface area contributed by atoms with Crippen LogP contribution in [0.4, 0.5) is 0 Å².